The van der Waals surface area contributed by atoms with E-state index in [9.17, 15) is 0 Å². The Hall–Kier alpha value is -1.19. The van der Waals surface area contributed by atoms with Crippen LogP contribution in [0.15, 0.2) is 85.5 Å². The predicted octanol–water partition coefficient (Wildman–Crippen LogP) is 9.43. The number of hydrogen-bond donors (Lipinski definition) is 0. The molecule has 43 heavy (non-hydrogen) atoms. The van der Waals surface area contributed by atoms with Gasteiger partial charge in [-0.25, -0.2) is 11.3 Å². The summed E-state index contributed by atoms with van der Waals surface area (Å²) in [5.41, 5.74) is 5.49. The summed E-state index contributed by atoms with van der Waals surface area (Å²) >= 11 is 0. The van der Waals surface area contributed by atoms with Gasteiger partial charge in [-0.3, -0.25) is 9.97 Å². The second kappa shape index (κ2) is 14.5. The smallest absolute Gasteiger partial charge is 0.0508 e. The van der Waals surface area contributed by atoms with Gasteiger partial charge in [-0.05, 0) is 33.6 Å². The van der Waals surface area contributed by atoms with Crippen LogP contribution in [0.25, 0.3) is 0 Å². The first-order valence-electron chi connectivity index (χ1n) is 15.2. The first-order chi connectivity index (χ1) is 19.3. The molecule has 0 saturated heterocycles. The maximum absolute atomic E-state index is 4.59. The van der Waals surface area contributed by atoms with Gasteiger partial charge in [0.15, 0.2) is 0 Å². The monoisotopic (exact) mass is 688 g/mol. The molecule has 240 valence electrons. The average Bonchev–Trinajstić information content (AvgIpc) is 3.58. The molecule has 0 bridgehead atoms. The molecule has 4 aromatic rings. The zero-order valence-electron chi connectivity index (χ0n) is 28.6. The van der Waals surface area contributed by atoms with E-state index in [1.807, 2.05) is 42.7 Å². The summed E-state index contributed by atoms with van der Waals surface area (Å²) in [7, 11) is -0.309. The van der Waals surface area contributed by atoms with Crippen LogP contribution in [0.1, 0.15) is 63.8 Å². The molecule has 0 N–H and O–H groups in total. The van der Waals surface area contributed by atoms with Gasteiger partial charge in [0.1, 0.15) is 0 Å². The van der Waals surface area contributed by atoms with E-state index < -0.39 is 21.3 Å². The third-order valence-corrected chi connectivity index (χ3v) is 17.1. The van der Waals surface area contributed by atoms with E-state index in [0.29, 0.717) is 0 Å². The van der Waals surface area contributed by atoms with Crippen molar-refractivity contribution in [3.05, 3.63) is 108 Å². The molecule has 2 nitrogen and oxygen atoms in total. The van der Waals surface area contributed by atoms with Crippen LogP contribution in [0.4, 0.5) is 0 Å². The zero-order valence-corrected chi connectivity index (χ0v) is 33.7. The summed E-state index contributed by atoms with van der Waals surface area (Å²) in [6.45, 7) is 29.9. The summed E-state index contributed by atoms with van der Waals surface area (Å²) < 4.78 is 0. The summed E-state index contributed by atoms with van der Waals surface area (Å²) in [6, 6.07) is 21.2. The van der Waals surface area contributed by atoms with Crippen LogP contribution >= 0.6 is 17.2 Å². The largest absolute Gasteiger partial charge is 0.748 e. The fourth-order valence-electron chi connectivity index (χ4n) is 6.19. The molecule has 4 rings (SSSR count). The maximum Gasteiger partial charge on any atom is 0.0508 e. The van der Waals surface area contributed by atoms with Crippen LogP contribution in [0.3, 0.4) is 0 Å². The molecule has 1 atom stereocenters. The van der Waals surface area contributed by atoms with Crippen molar-refractivity contribution >= 4 is 43.7 Å². The summed E-state index contributed by atoms with van der Waals surface area (Å²) in [5.74, 6) is 0. The predicted molar refractivity (Wildman–Crippen MR) is 198 cm³/mol. The quantitative estimate of drug-likeness (QED) is 0.110. The summed E-state index contributed by atoms with van der Waals surface area (Å²) in [4.78, 5) is 9.17. The molecule has 1 unspecified atom stereocenters. The van der Waals surface area contributed by atoms with Crippen LogP contribution in [0.2, 0.25) is 39.3 Å². The van der Waals surface area contributed by atoms with Crippen LogP contribution in [0.5, 0.6) is 0 Å². The first kappa shape index (κ1) is 38.0. The van der Waals surface area contributed by atoms with Crippen LogP contribution < -0.4 is 10.4 Å². The van der Waals surface area contributed by atoms with E-state index in [1.54, 1.807) is 15.9 Å². The average molecular weight is 689 g/mol. The standard InChI is InChI=1S/C31H49N2P2Si2.C5H5.Fe/c1-29(2,3)35(30(4,5)6)22-25-26(19-27(36(7,8)9)28(25)37(10,11)12)31(34,23-15-13-17-32-20-23)24-16-14-18-33-21-24;1-2-4-5-3-1;/h13-21H,22,34H2,1-12H3;1-5H;/q-1;-5;. The van der Waals surface area contributed by atoms with Crippen LogP contribution in [-0.2, 0) is 28.4 Å². The maximum atomic E-state index is 4.59. The van der Waals surface area contributed by atoms with Crippen molar-refractivity contribution in [2.45, 2.75) is 102 Å². The summed E-state index contributed by atoms with van der Waals surface area (Å²) in [6.07, 6.45) is 9.01. The molecule has 0 spiro atoms. The number of nitrogens with zero attached hydrogens (tertiary/aromatic N) is 2. The van der Waals surface area contributed by atoms with Crippen molar-refractivity contribution < 1.29 is 17.1 Å². The van der Waals surface area contributed by atoms with Gasteiger partial charge < -0.3 is 30.3 Å². The number of pyridine rings is 2. The fraction of sp³-hybridized carbons (Fsp3) is 0.444. The van der Waals surface area contributed by atoms with E-state index in [2.05, 4.69) is 143 Å². The van der Waals surface area contributed by atoms with Gasteiger partial charge >= 0.3 is 0 Å². The number of aromatic nitrogens is 2. The van der Waals surface area contributed by atoms with Gasteiger partial charge in [0, 0.05) is 55.1 Å². The Balaban J connectivity index is 0.000000973. The number of hydrogen-bond acceptors (Lipinski definition) is 2. The van der Waals surface area contributed by atoms with E-state index in [1.165, 1.54) is 16.7 Å². The Morgan fingerprint density at radius 1 is 0.744 bits per heavy atom. The SMILES string of the molecule is CC(C)(C)P(C[c-]1c(C(P)(c2cccnc2)c2cccnc2)cc([Si](C)(C)C)c1[Si](C)(C)C)C(C)(C)C.[Fe].[cH-]1[cH-][cH-][cH-][cH-]1. The first-order valence-corrected chi connectivity index (χ1v) is 24.3. The van der Waals surface area contributed by atoms with Crippen molar-refractivity contribution in [1.82, 2.24) is 9.97 Å². The van der Waals surface area contributed by atoms with Gasteiger partial charge in [-0.2, -0.15) is 5.19 Å². The van der Waals surface area contributed by atoms with E-state index >= 15 is 0 Å². The van der Waals surface area contributed by atoms with E-state index in [4.69, 9.17) is 0 Å². The second-order valence-corrected chi connectivity index (χ2v) is 30.3. The van der Waals surface area contributed by atoms with Crippen molar-refractivity contribution in [2.24, 2.45) is 0 Å². The molecular formula is C36H54FeN2P2Si2-6. The zero-order chi connectivity index (χ0) is 31.6. The third kappa shape index (κ3) is 9.19. The molecule has 2 aromatic heterocycles. The molecule has 2 heterocycles. The minimum Gasteiger partial charge on any atom is -0.748 e. The van der Waals surface area contributed by atoms with Gasteiger partial charge in [-0.1, -0.05) is 99.1 Å². The molecule has 0 aliphatic heterocycles. The minimum atomic E-state index is -1.67. The topological polar surface area (TPSA) is 25.8 Å². The van der Waals surface area contributed by atoms with Crippen LogP contribution in [-0.4, -0.2) is 36.4 Å². The Bertz CT molecular complexity index is 1320. The normalized spacial score (nSPS) is 12.9. The second-order valence-electron chi connectivity index (χ2n) is 15.5. The minimum absolute atomic E-state index is 0. The third-order valence-electron chi connectivity index (χ3n) is 7.89. The van der Waals surface area contributed by atoms with Gasteiger partial charge in [0.05, 0.1) is 8.07 Å². The Morgan fingerprint density at radius 3 is 1.47 bits per heavy atom. The van der Waals surface area contributed by atoms with Crippen molar-refractivity contribution in [2.75, 3.05) is 0 Å². The molecular weight excluding hydrogens is 634 g/mol. The Morgan fingerprint density at radius 2 is 1.16 bits per heavy atom. The Labute approximate surface area is 279 Å². The van der Waals surface area contributed by atoms with Crippen molar-refractivity contribution in [3.63, 3.8) is 0 Å². The fourth-order valence-corrected chi connectivity index (χ4v) is 16.3. The number of rotatable bonds is 7. The summed E-state index contributed by atoms with van der Waals surface area (Å²) in [5, 5.41) is 3.49. The van der Waals surface area contributed by atoms with Crippen molar-refractivity contribution in [1.29, 1.82) is 0 Å². The van der Waals surface area contributed by atoms with E-state index in [0.717, 1.165) is 6.16 Å². The molecule has 0 aliphatic carbocycles. The van der Waals surface area contributed by atoms with Crippen LogP contribution in [0, 0.1) is 0 Å². The molecule has 0 saturated carbocycles. The molecule has 7 heteroatoms. The molecule has 0 fully saturated rings. The van der Waals surface area contributed by atoms with Crippen molar-refractivity contribution in [3.8, 4) is 0 Å². The molecule has 0 amide bonds. The van der Waals surface area contributed by atoms with Gasteiger partial charge in [0.2, 0.25) is 0 Å². The van der Waals surface area contributed by atoms with Gasteiger partial charge in [-0.15, -0.1) is 28.3 Å². The molecule has 0 radical (unpaired) electrons. The van der Waals surface area contributed by atoms with E-state index in [-0.39, 0.29) is 35.3 Å². The molecule has 2 aromatic carbocycles. The van der Waals surface area contributed by atoms with Gasteiger partial charge in [0.25, 0.3) is 0 Å². The molecule has 0 aliphatic rings. The Kier molecular flexibility index (Phi) is 12.8.